The number of aliphatic carboxylic acids is 1. The Morgan fingerprint density at radius 1 is 1.03 bits per heavy atom. The highest BCUT2D eigenvalue weighted by atomic mass is 32.2. The Labute approximate surface area is 218 Å². The third kappa shape index (κ3) is 5.89. The molecule has 4 aromatic rings. The van der Waals surface area contributed by atoms with Gasteiger partial charge < -0.3 is 5.11 Å². The minimum atomic E-state index is -3.67. The number of rotatable bonds is 8. The lowest BCUT2D eigenvalue weighted by Gasteiger charge is -2.24. The summed E-state index contributed by atoms with van der Waals surface area (Å²) in [6.07, 6.45) is 0. The zero-order valence-electron chi connectivity index (χ0n) is 22.1. The molecule has 196 valence electrons. The van der Waals surface area contributed by atoms with Crippen LogP contribution in [0, 0.1) is 12.8 Å². The molecule has 0 saturated carbocycles. The highest BCUT2D eigenvalue weighted by molar-refractivity contribution is 7.89. The van der Waals surface area contributed by atoms with Crippen LogP contribution in [0.15, 0.2) is 71.6 Å². The van der Waals surface area contributed by atoms with E-state index >= 15 is 0 Å². The van der Waals surface area contributed by atoms with Gasteiger partial charge in [-0.3, -0.25) is 4.79 Å². The van der Waals surface area contributed by atoms with Gasteiger partial charge in [-0.2, -0.15) is 4.31 Å². The summed E-state index contributed by atoms with van der Waals surface area (Å²) in [5, 5.41) is 18.1. The van der Waals surface area contributed by atoms with Crippen molar-refractivity contribution in [2.45, 2.75) is 45.1 Å². The maximum atomic E-state index is 13.0. The fraction of sp³-hybridized carbons (Fsp3) is 0.321. The second-order valence-corrected chi connectivity index (χ2v) is 10.9. The number of nitrogens with zero attached hydrogens (tertiary/aromatic N) is 4. The van der Waals surface area contributed by atoms with Crippen molar-refractivity contribution in [1.29, 1.82) is 0 Å². The number of carboxylic acids is 1. The third-order valence-electron chi connectivity index (χ3n) is 6.46. The van der Waals surface area contributed by atoms with Crippen molar-refractivity contribution in [3.8, 4) is 0 Å². The summed E-state index contributed by atoms with van der Waals surface area (Å²) in [6.45, 7) is 7.76. The van der Waals surface area contributed by atoms with Crippen LogP contribution in [0.4, 0.5) is 0 Å². The minimum Gasteiger partial charge on any atom is -0.481 e. The molecule has 37 heavy (non-hydrogen) atoms. The molecule has 0 aliphatic rings. The number of benzene rings is 3. The average Bonchev–Trinajstić information content (AvgIpc) is 3.27. The maximum absolute atomic E-state index is 13.0. The summed E-state index contributed by atoms with van der Waals surface area (Å²) in [5.41, 5.74) is 4.89. The minimum absolute atomic E-state index is 0.161. The molecule has 2 atom stereocenters. The molecule has 4 rings (SSSR count). The average molecular weight is 523 g/mol. The van der Waals surface area contributed by atoms with Crippen molar-refractivity contribution in [2.75, 3.05) is 7.05 Å². The van der Waals surface area contributed by atoms with Crippen LogP contribution >= 0.6 is 0 Å². The van der Waals surface area contributed by atoms with Gasteiger partial charge in [0.1, 0.15) is 5.52 Å². The lowest BCUT2D eigenvalue weighted by molar-refractivity contribution is -0.141. The largest absolute Gasteiger partial charge is 0.481 e. The summed E-state index contributed by atoms with van der Waals surface area (Å²) in [4.78, 5) is 12.3. The fourth-order valence-electron chi connectivity index (χ4n) is 4.32. The molecule has 0 spiro atoms. The van der Waals surface area contributed by atoms with Crippen LogP contribution in [-0.4, -0.2) is 45.8 Å². The molecular formula is C28H34N4O4S. The van der Waals surface area contributed by atoms with E-state index in [9.17, 15) is 18.3 Å². The predicted molar refractivity (Wildman–Crippen MR) is 145 cm³/mol. The number of carboxylic acid groups (broad SMARTS) is 1. The van der Waals surface area contributed by atoms with Gasteiger partial charge in [-0.05, 0) is 53.4 Å². The first kappa shape index (κ1) is 28.0. The second-order valence-electron chi connectivity index (χ2n) is 8.83. The first-order valence-corrected chi connectivity index (χ1v) is 13.7. The van der Waals surface area contributed by atoms with E-state index in [1.165, 1.54) is 4.31 Å². The standard InChI is InChI=1S/C26H28N4O4S.C2H6/c1-17-10-11-19(14-21(17)16-29(3)35(33,34)22-8-6-5-7-9-22)25(18(2)26(31)32)20-12-13-24-23(15-20)27-28-30(24)4;1-2/h5-15,18,25H,16H2,1-4H3,(H,31,32);1-2H3. The Kier molecular flexibility index (Phi) is 8.83. The van der Waals surface area contributed by atoms with E-state index in [4.69, 9.17) is 0 Å². The molecule has 2 unspecified atom stereocenters. The van der Waals surface area contributed by atoms with Gasteiger partial charge >= 0.3 is 5.97 Å². The molecule has 3 aromatic carbocycles. The van der Waals surface area contributed by atoms with Gasteiger partial charge in [0.15, 0.2) is 0 Å². The highest BCUT2D eigenvalue weighted by Crippen LogP contribution is 2.35. The smallest absolute Gasteiger partial charge is 0.307 e. The van der Waals surface area contributed by atoms with Crippen LogP contribution in [0.2, 0.25) is 0 Å². The molecule has 0 amide bonds. The predicted octanol–water partition coefficient (Wildman–Crippen LogP) is 4.98. The molecule has 0 saturated heterocycles. The van der Waals surface area contributed by atoms with Crippen LogP contribution in [0.25, 0.3) is 11.0 Å². The molecule has 0 aliphatic carbocycles. The molecular weight excluding hydrogens is 488 g/mol. The lowest BCUT2D eigenvalue weighted by atomic mass is 9.80. The van der Waals surface area contributed by atoms with E-state index in [0.29, 0.717) is 5.52 Å². The van der Waals surface area contributed by atoms with E-state index in [2.05, 4.69) is 10.3 Å². The zero-order chi connectivity index (χ0) is 27.3. The van der Waals surface area contributed by atoms with Crippen LogP contribution < -0.4 is 0 Å². The Morgan fingerprint density at radius 2 is 1.65 bits per heavy atom. The number of hydrogen-bond donors (Lipinski definition) is 1. The van der Waals surface area contributed by atoms with Gasteiger partial charge in [-0.15, -0.1) is 5.10 Å². The van der Waals surface area contributed by atoms with Gasteiger partial charge in [0.05, 0.1) is 16.3 Å². The molecule has 0 bridgehead atoms. The van der Waals surface area contributed by atoms with E-state index in [1.807, 2.05) is 57.2 Å². The van der Waals surface area contributed by atoms with E-state index < -0.39 is 27.8 Å². The molecule has 1 heterocycles. The van der Waals surface area contributed by atoms with Gasteiger partial charge in [-0.25, -0.2) is 13.1 Å². The number of aryl methyl sites for hydroxylation is 2. The fourth-order valence-corrected chi connectivity index (χ4v) is 5.49. The van der Waals surface area contributed by atoms with Gasteiger partial charge in [0, 0.05) is 26.6 Å². The van der Waals surface area contributed by atoms with Crippen LogP contribution in [0.5, 0.6) is 0 Å². The normalized spacial score (nSPS) is 13.2. The van der Waals surface area contributed by atoms with E-state index in [0.717, 1.165) is 27.8 Å². The first-order chi connectivity index (χ1) is 17.6. The summed E-state index contributed by atoms with van der Waals surface area (Å²) in [6, 6.07) is 19.7. The van der Waals surface area contributed by atoms with Crippen molar-refractivity contribution in [3.63, 3.8) is 0 Å². The highest BCUT2D eigenvalue weighted by Gasteiger charge is 2.28. The van der Waals surface area contributed by atoms with Crippen LogP contribution in [0.1, 0.15) is 48.9 Å². The lowest BCUT2D eigenvalue weighted by Crippen LogP contribution is -2.27. The number of aromatic nitrogens is 3. The summed E-state index contributed by atoms with van der Waals surface area (Å²) < 4.78 is 29.1. The number of carbonyl (C=O) groups is 1. The maximum Gasteiger partial charge on any atom is 0.307 e. The van der Waals surface area contributed by atoms with Crippen molar-refractivity contribution in [2.24, 2.45) is 13.0 Å². The zero-order valence-corrected chi connectivity index (χ0v) is 22.9. The summed E-state index contributed by atoms with van der Waals surface area (Å²) in [5.74, 6) is -2.08. The van der Waals surface area contributed by atoms with E-state index in [-0.39, 0.29) is 11.4 Å². The molecule has 8 nitrogen and oxygen atoms in total. The van der Waals surface area contributed by atoms with Crippen molar-refractivity contribution < 1.29 is 18.3 Å². The molecule has 0 aliphatic heterocycles. The molecule has 0 fully saturated rings. The van der Waals surface area contributed by atoms with Crippen molar-refractivity contribution in [1.82, 2.24) is 19.3 Å². The first-order valence-electron chi connectivity index (χ1n) is 12.2. The molecule has 1 aromatic heterocycles. The van der Waals surface area contributed by atoms with Crippen LogP contribution in [0.3, 0.4) is 0 Å². The quantitative estimate of drug-likeness (QED) is 0.350. The van der Waals surface area contributed by atoms with E-state index in [1.54, 1.807) is 56.0 Å². The number of sulfonamides is 1. The van der Waals surface area contributed by atoms with Gasteiger partial charge in [0.25, 0.3) is 0 Å². The van der Waals surface area contributed by atoms with Crippen molar-refractivity contribution >= 4 is 27.0 Å². The summed E-state index contributed by atoms with van der Waals surface area (Å²) >= 11 is 0. The number of fused-ring (bicyclic) bond motifs is 1. The molecule has 1 N–H and O–H groups in total. The monoisotopic (exact) mass is 522 g/mol. The Bertz CT molecular complexity index is 1480. The van der Waals surface area contributed by atoms with Crippen molar-refractivity contribution in [3.05, 3.63) is 89.0 Å². The Balaban J connectivity index is 0.00000186. The van der Waals surface area contributed by atoms with Crippen LogP contribution in [-0.2, 0) is 28.4 Å². The third-order valence-corrected chi connectivity index (χ3v) is 8.28. The van der Waals surface area contributed by atoms with Gasteiger partial charge in [-0.1, -0.05) is 68.4 Å². The second kappa shape index (κ2) is 11.7. The van der Waals surface area contributed by atoms with Gasteiger partial charge in [0.2, 0.25) is 10.0 Å². The molecule has 0 radical (unpaired) electrons. The number of hydrogen-bond acceptors (Lipinski definition) is 5. The SMILES string of the molecule is CC.Cc1ccc(C(c2ccc3c(c2)nnn3C)C(C)C(=O)O)cc1CN(C)S(=O)(=O)c1ccccc1. The molecule has 9 heteroatoms. The summed E-state index contributed by atoms with van der Waals surface area (Å²) in [7, 11) is -0.316. The topological polar surface area (TPSA) is 105 Å². The Hall–Kier alpha value is -3.56. The Morgan fingerprint density at radius 3 is 2.30 bits per heavy atom.